The molecule has 0 aliphatic rings. The van der Waals surface area contributed by atoms with Crippen molar-refractivity contribution in [3.63, 3.8) is 0 Å². The normalized spacial score (nSPS) is 8.44. The first-order chi connectivity index (χ1) is 4.38. The summed E-state index contributed by atoms with van der Waals surface area (Å²) in [5.74, 6) is 0.484. The van der Waals surface area contributed by atoms with Crippen molar-refractivity contribution in [1.29, 1.82) is 5.26 Å². The average molecular weight is 123 g/mol. The molecular formula is C4H5N5. The molecule has 2 N–H and O–H groups in total. The van der Waals surface area contributed by atoms with E-state index in [1.165, 1.54) is 0 Å². The predicted molar refractivity (Wildman–Crippen MR) is 30.6 cm³/mol. The van der Waals surface area contributed by atoms with Crippen molar-refractivity contribution in [2.45, 2.75) is 0 Å². The second-order valence-electron chi connectivity index (χ2n) is 1.38. The third-order valence-corrected chi connectivity index (χ3v) is 0.891. The summed E-state index contributed by atoms with van der Waals surface area (Å²) in [6, 6.07) is 1.86. The van der Waals surface area contributed by atoms with Gasteiger partial charge in [-0.3, -0.25) is 0 Å². The van der Waals surface area contributed by atoms with Crippen LogP contribution in [0.25, 0.3) is 0 Å². The lowest BCUT2D eigenvalue weighted by Crippen LogP contribution is -1.90. The molecule has 0 saturated heterocycles. The predicted octanol–water partition coefficient (Wildman–Crippen LogP) is -0.282. The van der Waals surface area contributed by atoms with Gasteiger partial charge in [0.15, 0.2) is 5.82 Å². The average Bonchev–Trinajstić information content (AvgIpc) is 2.33. The summed E-state index contributed by atoms with van der Waals surface area (Å²) in [6.07, 6.45) is 0. The van der Waals surface area contributed by atoms with E-state index in [1.807, 2.05) is 6.07 Å². The zero-order valence-corrected chi connectivity index (χ0v) is 4.84. The molecule has 0 fully saturated rings. The van der Waals surface area contributed by atoms with Crippen molar-refractivity contribution in [2.24, 2.45) is 0 Å². The summed E-state index contributed by atoms with van der Waals surface area (Å²) in [7, 11) is 1.68. The number of nitrogens with zero attached hydrogens (tertiary/aromatic N) is 3. The van der Waals surface area contributed by atoms with Crippen molar-refractivity contribution in [1.82, 2.24) is 15.4 Å². The van der Waals surface area contributed by atoms with E-state index >= 15 is 0 Å². The Labute approximate surface area is 51.7 Å². The molecule has 0 bridgehead atoms. The Hall–Kier alpha value is -1.57. The van der Waals surface area contributed by atoms with Crippen LogP contribution in [0.1, 0.15) is 5.69 Å². The maximum Gasteiger partial charge on any atom is 0.206 e. The lowest BCUT2D eigenvalue weighted by atomic mass is 10.5. The van der Waals surface area contributed by atoms with Crippen LogP contribution in [0, 0.1) is 11.3 Å². The van der Waals surface area contributed by atoms with Gasteiger partial charge in [-0.1, -0.05) is 0 Å². The van der Waals surface area contributed by atoms with Crippen LogP contribution in [0.4, 0.5) is 5.82 Å². The Morgan fingerprint density at radius 1 is 1.67 bits per heavy atom. The van der Waals surface area contributed by atoms with Crippen LogP contribution < -0.4 is 5.32 Å². The standard InChI is InChI=1S/C4H5N5/c1-6-4-3(2-5)7-9-8-4/h1H3,(H2,6,7,8,9). The van der Waals surface area contributed by atoms with Gasteiger partial charge in [0.05, 0.1) is 0 Å². The molecule has 1 rings (SSSR count). The minimum atomic E-state index is 0.289. The molecule has 0 aliphatic heterocycles. The number of hydrogen-bond donors (Lipinski definition) is 2. The number of aromatic nitrogens is 3. The topological polar surface area (TPSA) is 77.4 Å². The maximum atomic E-state index is 8.33. The van der Waals surface area contributed by atoms with E-state index in [2.05, 4.69) is 20.7 Å². The summed E-state index contributed by atoms with van der Waals surface area (Å²) >= 11 is 0. The maximum absolute atomic E-state index is 8.33. The second kappa shape index (κ2) is 2.13. The molecule has 0 atom stereocenters. The molecular weight excluding hydrogens is 118 g/mol. The van der Waals surface area contributed by atoms with Crippen LogP contribution in [0.2, 0.25) is 0 Å². The third-order valence-electron chi connectivity index (χ3n) is 0.891. The first kappa shape index (κ1) is 5.56. The molecule has 0 radical (unpaired) electrons. The molecule has 9 heavy (non-hydrogen) atoms. The van der Waals surface area contributed by atoms with Crippen LogP contribution in [-0.4, -0.2) is 22.5 Å². The van der Waals surface area contributed by atoms with Gasteiger partial charge in [-0.2, -0.15) is 10.5 Å². The Balaban J connectivity index is 3.02. The lowest BCUT2D eigenvalue weighted by molar-refractivity contribution is 0.936. The second-order valence-corrected chi connectivity index (χ2v) is 1.38. The van der Waals surface area contributed by atoms with Crippen LogP contribution in [-0.2, 0) is 0 Å². The molecule has 0 spiro atoms. The van der Waals surface area contributed by atoms with Crippen LogP contribution in [0.3, 0.4) is 0 Å². The van der Waals surface area contributed by atoms with Crippen LogP contribution >= 0.6 is 0 Å². The molecule has 0 aromatic carbocycles. The zero-order valence-electron chi connectivity index (χ0n) is 4.84. The van der Waals surface area contributed by atoms with Crippen molar-refractivity contribution in [3.05, 3.63) is 5.69 Å². The molecule has 1 aromatic heterocycles. The van der Waals surface area contributed by atoms with E-state index in [9.17, 15) is 0 Å². The minimum Gasteiger partial charge on any atom is -0.369 e. The fourth-order valence-corrected chi connectivity index (χ4v) is 0.483. The van der Waals surface area contributed by atoms with Gasteiger partial charge in [0.1, 0.15) is 6.07 Å². The summed E-state index contributed by atoms with van der Waals surface area (Å²) in [6.45, 7) is 0. The Morgan fingerprint density at radius 2 is 2.44 bits per heavy atom. The Kier molecular flexibility index (Phi) is 1.32. The summed E-state index contributed by atoms with van der Waals surface area (Å²) in [4.78, 5) is 0. The monoisotopic (exact) mass is 123 g/mol. The van der Waals surface area contributed by atoms with Crippen molar-refractivity contribution < 1.29 is 0 Å². The molecule has 1 heterocycles. The zero-order chi connectivity index (χ0) is 6.69. The summed E-state index contributed by atoms with van der Waals surface area (Å²) in [5.41, 5.74) is 0.289. The highest BCUT2D eigenvalue weighted by Gasteiger charge is 2.01. The van der Waals surface area contributed by atoms with Gasteiger partial charge >= 0.3 is 0 Å². The van der Waals surface area contributed by atoms with Gasteiger partial charge in [0, 0.05) is 7.05 Å². The van der Waals surface area contributed by atoms with Gasteiger partial charge < -0.3 is 5.32 Å². The van der Waals surface area contributed by atoms with Crippen molar-refractivity contribution in [2.75, 3.05) is 12.4 Å². The molecule has 0 amide bonds. The minimum absolute atomic E-state index is 0.289. The summed E-state index contributed by atoms with van der Waals surface area (Å²) < 4.78 is 0. The highest BCUT2D eigenvalue weighted by Crippen LogP contribution is 2.02. The van der Waals surface area contributed by atoms with Crippen LogP contribution in [0.5, 0.6) is 0 Å². The van der Waals surface area contributed by atoms with E-state index in [0.29, 0.717) is 5.82 Å². The number of anilines is 1. The number of nitrogens with one attached hydrogen (secondary N) is 2. The lowest BCUT2D eigenvalue weighted by Gasteiger charge is -1.86. The van der Waals surface area contributed by atoms with Crippen LogP contribution in [0.15, 0.2) is 0 Å². The smallest absolute Gasteiger partial charge is 0.206 e. The van der Waals surface area contributed by atoms with E-state index in [1.54, 1.807) is 7.05 Å². The van der Waals surface area contributed by atoms with E-state index < -0.39 is 0 Å². The molecule has 5 nitrogen and oxygen atoms in total. The largest absolute Gasteiger partial charge is 0.369 e. The SMILES string of the molecule is CNc1n[nH]nc1C#N. The molecule has 46 valence electrons. The van der Waals surface area contributed by atoms with E-state index in [4.69, 9.17) is 5.26 Å². The van der Waals surface area contributed by atoms with Gasteiger partial charge in [0.25, 0.3) is 0 Å². The van der Waals surface area contributed by atoms with Crippen molar-refractivity contribution >= 4 is 5.82 Å². The quantitative estimate of drug-likeness (QED) is 0.538. The summed E-state index contributed by atoms with van der Waals surface area (Å²) in [5, 5.41) is 20.5. The van der Waals surface area contributed by atoms with Gasteiger partial charge in [-0.25, -0.2) is 0 Å². The Bertz CT molecular complexity index is 231. The first-order valence-corrected chi connectivity index (χ1v) is 2.37. The Morgan fingerprint density at radius 3 is 2.89 bits per heavy atom. The highest BCUT2D eigenvalue weighted by molar-refractivity contribution is 5.45. The van der Waals surface area contributed by atoms with E-state index in [0.717, 1.165) is 0 Å². The fraction of sp³-hybridized carbons (Fsp3) is 0.250. The van der Waals surface area contributed by atoms with Gasteiger partial charge in [0.2, 0.25) is 5.69 Å². The molecule has 5 heteroatoms. The van der Waals surface area contributed by atoms with Gasteiger partial charge in [-0.05, 0) is 0 Å². The number of aromatic amines is 1. The number of hydrogen-bond acceptors (Lipinski definition) is 4. The number of nitriles is 1. The molecule has 1 aromatic rings. The first-order valence-electron chi connectivity index (χ1n) is 2.37. The number of H-pyrrole nitrogens is 1. The fourth-order valence-electron chi connectivity index (χ4n) is 0.483. The van der Waals surface area contributed by atoms with E-state index in [-0.39, 0.29) is 5.69 Å². The molecule has 0 saturated carbocycles. The highest BCUT2D eigenvalue weighted by atomic mass is 15.4. The molecule has 0 aliphatic carbocycles. The number of rotatable bonds is 1. The van der Waals surface area contributed by atoms with Gasteiger partial charge in [-0.15, -0.1) is 10.2 Å². The van der Waals surface area contributed by atoms with Crippen molar-refractivity contribution in [3.8, 4) is 6.07 Å². The third kappa shape index (κ3) is 0.817. The molecule has 0 unspecified atom stereocenters.